The fourth-order valence-electron chi connectivity index (χ4n) is 8.50. The number of carbonyl (C=O) groups is 3. The molecule has 4 heterocycles. The maximum absolute atomic E-state index is 13.6. The average Bonchev–Trinajstić information content (AvgIpc) is 3.45. The fraction of sp³-hybridized carbons (Fsp3) is 0.450. The van der Waals surface area contributed by atoms with Gasteiger partial charge in [-0.25, -0.2) is 4.79 Å². The van der Waals surface area contributed by atoms with Gasteiger partial charge in [-0.05, 0) is 106 Å². The Hall–Kier alpha value is -4.46. The van der Waals surface area contributed by atoms with E-state index in [1.54, 1.807) is 11.6 Å². The number of fused-ring (bicyclic) bond motifs is 1. The summed E-state index contributed by atoms with van der Waals surface area (Å²) in [6.45, 7) is 3.66. The van der Waals surface area contributed by atoms with Gasteiger partial charge in [0.25, 0.3) is 5.91 Å². The van der Waals surface area contributed by atoms with Crippen LogP contribution in [-0.4, -0.2) is 95.2 Å². The molecule has 0 spiro atoms. The van der Waals surface area contributed by atoms with Crippen LogP contribution in [0.1, 0.15) is 66.1 Å². The molecule has 0 bridgehead atoms. The molecule has 3 fully saturated rings. The molecule has 3 aliphatic heterocycles. The summed E-state index contributed by atoms with van der Waals surface area (Å²) >= 11 is 12.2. The lowest BCUT2D eigenvalue weighted by atomic mass is 9.95. The molecule has 20 heteroatoms. The summed E-state index contributed by atoms with van der Waals surface area (Å²) in [4.78, 5) is 55.8. The molecular formula is C40H45Cl2F3N8O6S. The summed E-state index contributed by atoms with van der Waals surface area (Å²) in [5.74, 6) is -1.36. The van der Waals surface area contributed by atoms with Crippen LogP contribution in [0.5, 0.6) is 0 Å². The first kappa shape index (κ1) is 43.6. The van der Waals surface area contributed by atoms with E-state index < -0.39 is 39.8 Å². The SMILES string of the molecule is CN(CC1CCN(S(=O)(=O)Nc2ccc(Cl)cc2C(=O)Nc2ccc(C(F)(F)F)cc2Cl)CC1)C1CCN(Cc2cccc3c2n(C)c(=O)n3C2CCC(=O)NC2=O)CC1. The van der Waals surface area contributed by atoms with Crippen molar-refractivity contribution < 1.29 is 36.0 Å². The van der Waals surface area contributed by atoms with Crippen LogP contribution in [0.4, 0.5) is 24.5 Å². The number of carbonyl (C=O) groups excluding carboxylic acids is 3. The highest BCUT2D eigenvalue weighted by molar-refractivity contribution is 7.90. The normalized spacial score (nSPS) is 19.2. The first-order valence-electron chi connectivity index (χ1n) is 19.6. The van der Waals surface area contributed by atoms with Gasteiger partial charge in [0.1, 0.15) is 6.04 Å². The van der Waals surface area contributed by atoms with E-state index in [9.17, 15) is 40.8 Å². The maximum atomic E-state index is 13.6. The third kappa shape index (κ3) is 9.38. The molecule has 4 aromatic rings. The summed E-state index contributed by atoms with van der Waals surface area (Å²) < 4.78 is 73.4. The number of anilines is 2. The van der Waals surface area contributed by atoms with Gasteiger partial charge in [0.15, 0.2) is 0 Å². The first-order chi connectivity index (χ1) is 28.4. The second kappa shape index (κ2) is 17.5. The quantitative estimate of drug-likeness (QED) is 0.158. The van der Waals surface area contributed by atoms with Gasteiger partial charge in [-0.1, -0.05) is 35.3 Å². The number of nitrogens with zero attached hydrogens (tertiary/aromatic N) is 5. The topological polar surface area (TPSA) is 158 Å². The van der Waals surface area contributed by atoms with Crippen molar-refractivity contribution in [1.82, 2.24) is 28.6 Å². The van der Waals surface area contributed by atoms with Crippen LogP contribution >= 0.6 is 23.2 Å². The summed E-state index contributed by atoms with van der Waals surface area (Å²) in [7, 11) is -0.292. The predicted octanol–water partition coefficient (Wildman–Crippen LogP) is 5.86. The number of amides is 3. The van der Waals surface area contributed by atoms with Crippen LogP contribution in [0.3, 0.4) is 0 Å². The average molecular weight is 894 g/mol. The zero-order valence-corrected chi connectivity index (χ0v) is 35.2. The number of aromatic nitrogens is 2. The molecule has 3 saturated heterocycles. The highest BCUT2D eigenvalue weighted by Crippen LogP contribution is 2.35. The Morgan fingerprint density at radius 3 is 2.30 bits per heavy atom. The van der Waals surface area contributed by atoms with Gasteiger partial charge in [-0.15, -0.1) is 0 Å². The third-order valence-corrected chi connectivity index (χ3v) is 13.8. The van der Waals surface area contributed by atoms with Crippen molar-refractivity contribution in [2.24, 2.45) is 13.0 Å². The van der Waals surface area contributed by atoms with Gasteiger partial charge in [0.2, 0.25) is 11.8 Å². The van der Waals surface area contributed by atoms with Gasteiger partial charge >= 0.3 is 22.1 Å². The second-order valence-electron chi connectivity index (χ2n) is 15.7. The summed E-state index contributed by atoms with van der Waals surface area (Å²) in [6.07, 6.45) is -1.05. The molecule has 3 aromatic carbocycles. The van der Waals surface area contributed by atoms with E-state index in [0.29, 0.717) is 37.0 Å². The van der Waals surface area contributed by atoms with Gasteiger partial charge in [-0.3, -0.25) is 38.5 Å². The second-order valence-corrected chi connectivity index (χ2v) is 18.2. The third-order valence-electron chi connectivity index (χ3n) is 11.8. The Labute approximate surface area is 354 Å². The zero-order chi connectivity index (χ0) is 43.1. The van der Waals surface area contributed by atoms with Crippen molar-refractivity contribution in [1.29, 1.82) is 0 Å². The number of rotatable bonds is 11. The Kier molecular flexibility index (Phi) is 12.7. The largest absolute Gasteiger partial charge is 0.416 e. The molecule has 1 atom stereocenters. The number of nitrogens with one attached hydrogen (secondary N) is 3. The van der Waals surface area contributed by atoms with Crippen LogP contribution in [0, 0.1) is 5.92 Å². The lowest BCUT2D eigenvalue weighted by molar-refractivity contribution is -0.138. The molecule has 1 aromatic heterocycles. The van der Waals surface area contributed by atoms with E-state index in [-0.39, 0.29) is 70.4 Å². The summed E-state index contributed by atoms with van der Waals surface area (Å²) in [6, 6.07) is 11.8. The van der Waals surface area contributed by atoms with E-state index in [4.69, 9.17) is 23.2 Å². The van der Waals surface area contributed by atoms with Crippen LogP contribution < -0.4 is 21.0 Å². The number of aryl methyl sites for hydroxylation is 1. The fourth-order valence-corrected chi connectivity index (χ4v) is 10.2. The molecule has 3 aliphatic rings. The van der Waals surface area contributed by atoms with Gasteiger partial charge < -0.3 is 10.2 Å². The molecular weight excluding hydrogens is 848 g/mol. The maximum Gasteiger partial charge on any atom is 0.416 e. The van der Waals surface area contributed by atoms with Crippen molar-refractivity contribution in [3.05, 3.63) is 91.8 Å². The standard InChI is InChI=1S/C40H45Cl2F3N8O6S/c1-49(28-14-16-51(17-15-28)23-25-4-3-5-33-36(25)50(2)39(57)53(33)34-10-11-35(54)47-38(34)56)22-24-12-18-52(19-13-24)60(58,59)48-31-9-7-27(41)21-29(31)37(55)46-32-8-6-26(20-30(32)42)40(43,44)45/h3-9,20-21,24,28,34,48H,10-19,22-23H2,1-2H3,(H,46,55)(H,47,54,56). The van der Waals surface area contributed by atoms with Gasteiger partial charge in [0, 0.05) is 50.7 Å². The van der Waals surface area contributed by atoms with Crippen molar-refractivity contribution >= 4 is 73.5 Å². The molecule has 3 amide bonds. The highest BCUT2D eigenvalue weighted by atomic mass is 35.5. The van der Waals surface area contributed by atoms with Crippen molar-refractivity contribution in [2.45, 2.75) is 63.3 Å². The molecule has 7 rings (SSSR count). The Morgan fingerprint density at radius 2 is 1.63 bits per heavy atom. The Balaban J connectivity index is 0.910. The number of para-hydroxylation sites is 1. The Morgan fingerprint density at radius 1 is 0.933 bits per heavy atom. The van der Waals surface area contributed by atoms with E-state index in [1.165, 1.54) is 27.1 Å². The number of piperidine rings is 3. The first-order valence-corrected chi connectivity index (χ1v) is 21.8. The van der Waals surface area contributed by atoms with E-state index >= 15 is 0 Å². The number of halogens is 5. The number of imidazole rings is 1. The smallest absolute Gasteiger partial charge is 0.321 e. The number of likely N-dealkylation sites (tertiary alicyclic amines) is 1. The minimum Gasteiger partial charge on any atom is -0.321 e. The van der Waals surface area contributed by atoms with Crippen molar-refractivity contribution in [3.8, 4) is 0 Å². The Bertz CT molecular complexity index is 2480. The lowest BCUT2D eigenvalue weighted by Crippen LogP contribution is -2.47. The lowest BCUT2D eigenvalue weighted by Gasteiger charge is -2.39. The number of hydrogen-bond donors (Lipinski definition) is 3. The van der Waals surface area contributed by atoms with E-state index in [2.05, 4.69) is 32.2 Å². The molecule has 3 N–H and O–H groups in total. The summed E-state index contributed by atoms with van der Waals surface area (Å²) in [5.41, 5.74) is 0.854. The summed E-state index contributed by atoms with van der Waals surface area (Å²) in [5, 5.41) is 4.59. The van der Waals surface area contributed by atoms with Crippen molar-refractivity contribution in [3.63, 3.8) is 0 Å². The minimum absolute atomic E-state index is 0.0560. The molecule has 1 unspecified atom stereocenters. The van der Waals surface area contributed by atoms with E-state index in [1.807, 2.05) is 18.2 Å². The van der Waals surface area contributed by atoms with Crippen LogP contribution in [-0.2, 0) is 39.6 Å². The van der Waals surface area contributed by atoms with E-state index in [0.717, 1.165) is 55.7 Å². The zero-order valence-electron chi connectivity index (χ0n) is 32.9. The number of hydrogen-bond acceptors (Lipinski definition) is 8. The molecule has 0 aliphatic carbocycles. The molecule has 0 radical (unpaired) electrons. The molecule has 60 heavy (non-hydrogen) atoms. The van der Waals surface area contributed by atoms with Gasteiger partial charge in [-0.2, -0.15) is 25.9 Å². The van der Waals surface area contributed by atoms with Crippen LogP contribution in [0.25, 0.3) is 11.0 Å². The van der Waals surface area contributed by atoms with Crippen molar-refractivity contribution in [2.75, 3.05) is 49.8 Å². The van der Waals surface area contributed by atoms with Crippen LogP contribution in [0.2, 0.25) is 10.0 Å². The predicted molar refractivity (Wildman–Crippen MR) is 222 cm³/mol. The monoisotopic (exact) mass is 892 g/mol. The minimum atomic E-state index is -4.63. The number of benzene rings is 3. The number of alkyl halides is 3. The molecule has 322 valence electrons. The highest BCUT2D eigenvalue weighted by Gasteiger charge is 2.34. The number of imide groups is 1. The molecule has 0 saturated carbocycles. The van der Waals surface area contributed by atoms with Gasteiger partial charge in [0.05, 0.1) is 38.6 Å². The molecule has 14 nitrogen and oxygen atoms in total. The van der Waals surface area contributed by atoms with Crippen LogP contribution in [0.15, 0.2) is 59.4 Å².